The second-order valence-corrected chi connectivity index (χ2v) is 11.1. The molecule has 1 aromatic heterocycles. The first-order valence-corrected chi connectivity index (χ1v) is 14.0. The highest BCUT2D eigenvalue weighted by Gasteiger charge is 2.21. The molecule has 1 heterocycles. The van der Waals surface area contributed by atoms with Gasteiger partial charge in [-0.05, 0) is 68.2 Å². The Labute approximate surface area is 237 Å². The normalized spacial score (nSPS) is 11.5. The number of halogens is 2. The van der Waals surface area contributed by atoms with E-state index in [1.165, 1.54) is 38.4 Å². The molecule has 0 aliphatic rings. The lowest BCUT2D eigenvalue weighted by Crippen LogP contribution is -1.86. The van der Waals surface area contributed by atoms with E-state index in [0.717, 1.165) is 35.7 Å². The van der Waals surface area contributed by atoms with Crippen molar-refractivity contribution in [3.8, 4) is 33.4 Å². The van der Waals surface area contributed by atoms with Crippen molar-refractivity contribution < 1.29 is 4.42 Å². The average molecular weight is 651 g/mol. The second kappa shape index (κ2) is 9.16. The summed E-state index contributed by atoms with van der Waals surface area (Å²) in [5.74, 6) is 0. The predicted octanol–water partition coefficient (Wildman–Crippen LogP) is 11.1. The number of furan rings is 1. The average Bonchev–Trinajstić information content (AvgIpc) is 3.31. The summed E-state index contributed by atoms with van der Waals surface area (Å²) in [5, 5.41) is 5.95. The van der Waals surface area contributed by atoms with E-state index in [9.17, 15) is 0 Å². The highest BCUT2D eigenvalue weighted by molar-refractivity contribution is 14.1. The summed E-state index contributed by atoms with van der Waals surface area (Å²) >= 11 is 5.94. The molecular weight excluding hydrogens is 631 g/mol. The van der Waals surface area contributed by atoms with E-state index in [0.29, 0.717) is 0 Å². The SMILES string of the molecule is Brc1ccc(-c2c(I)oc3c4cc(-c5ccccc5)ccc4c4ccc(-c5ccccc5)cc4c23)cc1. The molecule has 0 N–H and O–H groups in total. The van der Waals surface area contributed by atoms with Crippen LogP contribution in [0.25, 0.3) is 65.9 Å². The molecule has 176 valence electrons. The number of hydrogen-bond acceptors (Lipinski definition) is 1. The zero-order valence-electron chi connectivity index (χ0n) is 19.7. The molecule has 1 nitrogen and oxygen atoms in total. The molecule has 0 saturated heterocycles. The van der Waals surface area contributed by atoms with Crippen molar-refractivity contribution in [1.29, 1.82) is 0 Å². The molecule has 7 rings (SSSR count). The van der Waals surface area contributed by atoms with Crippen molar-refractivity contribution in [1.82, 2.24) is 0 Å². The monoisotopic (exact) mass is 650 g/mol. The van der Waals surface area contributed by atoms with Crippen LogP contribution in [0.4, 0.5) is 0 Å². The van der Waals surface area contributed by atoms with Crippen LogP contribution in [0.3, 0.4) is 0 Å². The van der Waals surface area contributed by atoms with Gasteiger partial charge >= 0.3 is 0 Å². The van der Waals surface area contributed by atoms with Crippen LogP contribution in [0.5, 0.6) is 0 Å². The Bertz CT molecular complexity index is 1920. The Morgan fingerprint density at radius 3 is 1.59 bits per heavy atom. The molecule has 0 unspecified atom stereocenters. The topological polar surface area (TPSA) is 13.1 Å². The first-order valence-electron chi connectivity index (χ1n) is 12.2. The fourth-order valence-corrected chi connectivity index (χ4v) is 6.36. The van der Waals surface area contributed by atoms with Gasteiger partial charge in [-0.15, -0.1) is 0 Å². The molecule has 0 radical (unpaired) electrons. The Morgan fingerprint density at radius 2 is 1.00 bits per heavy atom. The molecule has 0 saturated carbocycles. The van der Waals surface area contributed by atoms with Crippen LogP contribution >= 0.6 is 38.5 Å². The van der Waals surface area contributed by atoms with Gasteiger partial charge in [0.15, 0.2) is 3.77 Å². The number of hydrogen-bond donors (Lipinski definition) is 0. The van der Waals surface area contributed by atoms with E-state index >= 15 is 0 Å². The molecule has 37 heavy (non-hydrogen) atoms. The van der Waals surface area contributed by atoms with Crippen LogP contribution in [0, 0.1) is 3.77 Å². The standard InChI is InChI=1S/C34H20BrIO/c35-26-15-11-23(12-16-26)31-32-29-19-24(21-7-3-1-4-8-21)13-17-27(29)28-18-14-25(22-9-5-2-6-10-22)20-30(28)33(32)37-34(31)36/h1-20H. The molecular formula is C34H20BrIO. The summed E-state index contributed by atoms with van der Waals surface area (Å²) in [6.45, 7) is 0. The minimum absolute atomic E-state index is 0.902. The molecule has 6 aromatic carbocycles. The van der Waals surface area contributed by atoms with Crippen LogP contribution in [-0.4, -0.2) is 0 Å². The van der Waals surface area contributed by atoms with E-state index in [1.807, 2.05) is 0 Å². The van der Waals surface area contributed by atoms with Crippen LogP contribution in [-0.2, 0) is 0 Å². The minimum Gasteiger partial charge on any atom is -0.449 e. The van der Waals surface area contributed by atoms with Gasteiger partial charge in [-0.25, -0.2) is 0 Å². The Morgan fingerprint density at radius 1 is 0.486 bits per heavy atom. The third kappa shape index (κ3) is 3.89. The van der Waals surface area contributed by atoms with E-state index in [-0.39, 0.29) is 0 Å². The van der Waals surface area contributed by atoms with Gasteiger partial charge in [-0.2, -0.15) is 0 Å². The van der Waals surface area contributed by atoms with Crippen LogP contribution in [0.1, 0.15) is 0 Å². The van der Waals surface area contributed by atoms with Gasteiger partial charge < -0.3 is 4.42 Å². The lowest BCUT2D eigenvalue weighted by molar-refractivity contribution is 0.588. The summed E-state index contributed by atoms with van der Waals surface area (Å²) in [4.78, 5) is 0. The second-order valence-electron chi connectivity index (χ2n) is 9.21. The van der Waals surface area contributed by atoms with E-state index < -0.39 is 0 Å². The maximum atomic E-state index is 6.62. The summed E-state index contributed by atoms with van der Waals surface area (Å²) < 4.78 is 8.58. The van der Waals surface area contributed by atoms with Crippen LogP contribution < -0.4 is 0 Å². The van der Waals surface area contributed by atoms with Crippen molar-refractivity contribution >= 4 is 71.0 Å². The van der Waals surface area contributed by atoms with Crippen LogP contribution in [0.15, 0.2) is 130 Å². The van der Waals surface area contributed by atoms with Gasteiger partial charge in [-0.3, -0.25) is 0 Å². The van der Waals surface area contributed by atoms with Gasteiger partial charge in [0.2, 0.25) is 0 Å². The number of fused-ring (bicyclic) bond motifs is 6. The van der Waals surface area contributed by atoms with Crippen molar-refractivity contribution in [3.63, 3.8) is 0 Å². The fourth-order valence-electron chi connectivity index (χ4n) is 5.30. The van der Waals surface area contributed by atoms with Gasteiger partial charge in [0.25, 0.3) is 0 Å². The molecule has 0 spiro atoms. The summed E-state index contributed by atoms with van der Waals surface area (Å²) in [5.41, 5.74) is 8.03. The lowest BCUT2D eigenvalue weighted by atomic mass is 9.91. The maximum Gasteiger partial charge on any atom is 0.172 e. The number of rotatable bonds is 3. The van der Waals surface area contributed by atoms with Crippen molar-refractivity contribution in [2.24, 2.45) is 0 Å². The number of benzene rings is 6. The van der Waals surface area contributed by atoms with E-state index in [2.05, 4.69) is 160 Å². The van der Waals surface area contributed by atoms with E-state index in [1.54, 1.807) is 0 Å². The first kappa shape index (κ1) is 22.8. The quantitative estimate of drug-likeness (QED) is 0.137. The molecule has 0 amide bonds. The zero-order valence-corrected chi connectivity index (χ0v) is 23.5. The third-order valence-electron chi connectivity index (χ3n) is 7.06. The van der Waals surface area contributed by atoms with E-state index in [4.69, 9.17) is 4.42 Å². The molecule has 7 aromatic rings. The Hall–Kier alpha value is -3.41. The Kier molecular flexibility index (Phi) is 5.63. The molecule has 3 heteroatoms. The predicted molar refractivity (Wildman–Crippen MR) is 168 cm³/mol. The third-order valence-corrected chi connectivity index (χ3v) is 8.34. The maximum absolute atomic E-state index is 6.62. The summed E-state index contributed by atoms with van der Waals surface area (Å²) in [7, 11) is 0. The highest BCUT2D eigenvalue weighted by atomic mass is 127. The minimum atomic E-state index is 0.902. The smallest absolute Gasteiger partial charge is 0.172 e. The van der Waals surface area contributed by atoms with Crippen LogP contribution in [0.2, 0.25) is 0 Å². The first-order chi connectivity index (χ1) is 18.2. The van der Waals surface area contributed by atoms with Gasteiger partial charge in [0, 0.05) is 43.4 Å². The molecule has 0 bridgehead atoms. The fraction of sp³-hybridized carbons (Fsp3) is 0. The zero-order chi connectivity index (χ0) is 24.9. The van der Waals surface area contributed by atoms with Gasteiger partial charge in [0.05, 0.1) is 0 Å². The van der Waals surface area contributed by atoms with Gasteiger partial charge in [-0.1, -0.05) is 113 Å². The summed E-state index contributed by atoms with van der Waals surface area (Å²) in [6, 6.07) is 43.2. The van der Waals surface area contributed by atoms with Crippen molar-refractivity contribution in [3.05, 3.63) is 130 Å². The molecule has 0 aliphatic carbocycles. The Balaban J connectivity index is 1.62. The van der Waals surface area contributed by atoms with Crippen molar-refractivity contribution in [2.45, 2.75) is 0 Å². The highest BCUT2D eigenvalue weighted by Crippen LogP contribution is 2.46. The lowest BCUT2D eigenvalue weighted by Gasteiger charge is -2.12. The summed E-state index contributed by atoms with van der Waals surface area (Å²) in [6.07, 6.45) is 0. The van der Waals surface area contributed by atoms with Gasteiger partial charge in [0.1, 0.15) is 5.58 Å². The molecule has 0 atom stereocenters. The molecule has 0 fully saturated rings. The largest absolute Gasteiger partial charge is 0.449 e. The van der Waals surface area contributed by atoms with Crippen molar-refractivity contribution in [2.75, 3.05) is 0 Å². The molecule has 0 aliphatic heterocycles.